The van der Waals surface area contributed by atoms with Gasteiger partial charge in [0, 0.05) is 0 Å². The molecule has 0 atom stereocenters. The molecule has 11 heavy (non-hydrogen) atoms. The van der Waals surface area contributed by atoms with Crippen molar-refractivity contribution in [2.75, 3.05) is 5.73 Å². The summed E-state index contributed by atoms with van der Waals surface area (Å²) in [4.78, 5) is 4.23. The molecule has 0 amide bonds. The molecular weight excluding hydrogens is 160 g/mol. The van der Waals surface area contributed by atoms with Crippen LogP contribution in [0, 0.1) is 6.92 Å². The number of nitrogen functional groups attached to an aromatic ring is 1. The summed E-state index contributed by atoms with van der Waals surface area (Å²) < 4.78 is 0. The lowest BCUT2D eigenvalue weighted by molar-refractivity contribution is 1.01. The molecule has 0 aromatic carbocycles. The molecule has 0 spiro atoms. The van der Waals surface area contributed by atoms with Crippen LogP contribution in [-0.4, -0.2) is 4.98 Å². The van der Waals surface area contributed by atoms with Gasteiger partial charge in [-0.3, -0.25) is 4.98 Å². The first kappa shape index (κ1) is 8.34. The number of aromatic nitrogens is 1. The van der Waals surface area contributed by atoms with Crippen LogP contribution in [0.4, 0.5) is 5.69 Å². The highest BCUT2D eigenvalue weighted by atomic mass is 35.5. The summed E-state index contributed by atoms with van der Waals surface area (Å²) in [5, 5.41) is 0.663. The number of anilines is 1. The molecular formula is C8H11ClN2. The zero-order chi connectivity index (χ0) is 8.43. The van der Waals surface area contributed by atoms with Crippen LogP contribution in [-0.2, 0) is 6.42 Å². The molecule has 0 saturated heterocycles. The van der Waals surface area contributed by atoms with Gasteiger partial charge < -0.3 is 5.73 Å². The lowest BCUT2D eigenvalue weighted by atomic mass is 10.2. The van der Waals surface area contributed by atoms with Crippen LogP contribution in [0.25, 0.3) is 0 Å². The van der Waals surface area contributed by atoms with Crippen LogP contribution in [0.5, 0.6) is 0 Å². The standard InChI is InChI=1S/C8H11ClN2/c1-3-8-6(9)4-7(10)5(2)11-8/h4H,3,10H2,1-2H3. The fourth-order valence-electron chi connectivity index (χ4n) is 0.893. The topological polar surface area (TPSA) is 38.9 Å². The Labute approximate surface area is 71.4 Å². The Morgan fingerprint density at radius 2 is 2.27 bits per heavy atom. The number of nitrogens with two attached hydrogens (primary N) is 1. The van der Waals surface area contributed by atoms with E-state index in [0.29, 0.717) is 10.7 Å². The fraction of sp³-hybridized carbons (Fsp3) is 0.375. The second-order valence-corrected chi connectivity index (χ2v) is 2.85. The number of hydrogen-bond donors (Lipinski definition) is 1. The van der Waals surface area contributed by atoms with E-state index in [4.69, 9.17) is 17.3 Å². The van der Waals surface area contributed by atoms with Crippen molar-refractivity contribution in [2.24, 2.45) is 0 Å². The average molecular weight is 171 g/mol. The lowest BCUT2D eigenvalue weighted by Gasteiger charge is -2.03. The van der Waals surface area contributed by atoms with E-state index in [2.05, 4.69) is 4.98 Å². The smallest absolute Gasteiger partial charge is 0.0642 e. The van der Waals surface area contributed by atoms with Crippen LogP contribution in [0.1, 0.15) is 18.3 Å². The highest BCUT2D eigenvalue weighted by molar-refractivity contribution is 6.31. The minimum atomic E-state index is 0.659. The molecule has 0 unspecified atom stereocenters. The van der Waals surface area contributed by atoms with E-state index in [0.717, 1.165) is 17.8 Å². The van der Waals surface area contributed by atoms with E-state index >= 15 is 0 Å². The molecule has 1 aromatic rings. The molecule has 1 rings (SSSR count). The van der Waals surface area contributed by atoms with Gasteiger partial charge in [0.1, 0.15) is 0 Å². The third kappa shape index (κ3) is 1.63. The summed E-state index contributed by atoms with van der Waals surface area (Å²) in [6.07, 6.45) is 0.847. The molecule has 1 aromatic heterocycles. The van der Waals surface area contributed by atoms with E-state index < -0.39 is 0 Å². The summed E-state index contributed by atoms with van der Waals surface area (Å²) in [5.41, 5.74) is 8.02. The van der Waals surface area contributed by atoms with E-state index in [9.17, 15) is 0 Å². The van der Waals surface area contributed by atoms with Gasteiger partial charge in [0.25, 0.3) is 0 Å². The number of aryl methyl sites for hydroxylation is 2. The molecule has 1 heterocycles. The Kier molecular flexibility index (Phi) is 2.35. The van der Waals surface area contributed by atoms with Crippen molar-refractivity contribution in [1.29, 1.82) is 0 Å². The number of nitrogens with zero attached hydrogens (tertiary/aromatic N) is 1. The van der Waals surface area contributed by atoms with Crippen molar-refractivity contribution in [3.8, 4) is 0 Å². The quantitative estimate of drug-likeness (QED) is 0.702. The van der Waals surface area contributed by atoms with Crippen LogP contribution in [0.3, 0.4) is 0 Å². The maximum atomic E-state index is 5.86. The molecule has 2 nitrogen and oxygen atoms in total. The van der Waals surface area contributed by atoms with Gasteiger partial charge in [0.15, 0.2) is 0 Å². The van der Waals surface area contributed by atoms with E-state index in [1.807, 2.05) is 13.8 Å². The monoisotopic (exact) mass is 170 g/mol. The molecule has 60 valence electrons. The van der Waals surface area contributed by atoms with Crippen LogP contribution >= 0.6 is 11.6 Å². The summed E-state index contributed by atoms with van der Waals surface area (Å²) in [5.74, 6) is 0. The predicted octanol–water partition coefficient (Wildman–Crippen LogP) is 2.19. The van der Waals surface area contributed by atoms with Crippen molar-refractivity contribution in [3.63, 3.8) is 0 Å². The van der Waals surface area contributed by atoms with Gasteiger partial charge in [0.2, 0.25) is 0 Å². The summed E-state index contributed by atoms with van der Waals surface area (Å²) in [6.45, 7) is 3.90. The van der Waals surface area contributed by atoms with Gasteiger partial charge in [-0.05, 0) is 19.4 Å². The molecule has 3 heteroatoms. The van der Waals surface area contributed by atoms with Crippen molar-refractivity contribution in [1.82, 2.24) is 4.98 Å². The minimum Gasteiger partial charge on any atom is -0.397 e. The number of pyridine rings is 1. The second kappa shape index (κ2) is 3.09. The maximum Gasteiger partial charge on any atom is 0.0642 e. The van der Waals surface area contributed by atoms with E-state index in [1.54, 1.807) is 6.07 Å². The highest BCUT2D eigenvalue weighted by Crippen LogP contribution is 2.19. The number of halogens is 1. The molecule has 0 bridgehead atoms. The molecule has 0 aliphatic heterocycles. The first-order valence-electron chi connectivity index (χ1n) is 3.56. The fourth-order valence-corrected chi connectivity index (χ4v) is 1.19. The van der Waals surface area contributed by atoms with Crippen molar-refractivity contribution < 1.29 is 0 Å². The Morgan fingerprint density at radius 1 is 1.64 bits per heavy atom. The van der Waals surface area contributed by atoms with Crippen LogP contribution in [0.2, 0.25) is 5.02 Å². The van der Waals surface area contributed by atoms with Gasteiger partial charge in [-0.1, -0.05) is 18.5 Å². The molecule has 2 N–H and O–H groups in total. The molecule has 0 aliphatic carbocycles. The average Bonchev–Trinajstić information content (AvgIpc) is 1.97. The van der Waals surface area contributed by atoms with Crippen LogP contribution < -0.4 is 5.73 Å². The SMILES string of the molecule is CCc1nc(C)c(N)cc1Cl. The summed E-state index contributed by atoms with van der Waals surface area (Å²) in [6, 6.07) is 1.75. The Morgan fingerprint density at radius 3 is 2.82 bits per heavy atom. The Hall–Kier alpha value is -0.760. The third-order valence-electron chi connectivity index (χ3n) is 1.61. The Balaban J connectivity index is 3.21. The van der Waals surface area contributed by atoms with Gasteiger partial charge >= 0.3 is 0 Å². The third-order valence-corrected chi connectivity index (χ3v) is 1.94. The van der Waals surface area contributed by atoms with E-state index in [-0.39, 0.29) is 0 Å². The number of rotatable bonds is 1. The molecule has 0 saturated carbocycles. The van der Waals surface area contributed by atoms with Crippen molar-refractivity contribution >= 4 is 17.3 Å². The van der Waals surface area contributed by atoms with Crippen molar-refractivity contribution in [2.45, 2.75) is 20.3 Å². The first-order valence-corrected chi connectivity index (χ1v) is 3.94. The minimum absolute atomic E-state index is 0.659. The van der Waals surface area contributed by atoms with Gasteiger partial charge in [-0.2, -0.15) is 0 Å². The first-order chi connectivity index (χ1) is 5.15. The molecule has 0 fully saturated rings. The van der Waals surface area contributed by atoms with Gasteiger partial charge in [-0.15, -0.1) is 0 Å². The Bertz CT molecular complexity index is 271. The summed E-state index contributed by atoms with van der Waals surface area (Å²) >= 11 is 5.86. The van der Waals surface area contributed by atoms with Crippen LogP contribution in [0.15, 0.2) is 6.07 Å². The maximum absolute atomic E-state index is 5.86. The van der Waals surface area contributed by atoms with Crippen molar-refractivity contribution in [3.05, 3.63) is 22.5 Å². The normalized spacial score (nSPS) is 10.1. The summed E-state index contributed by atoms with van der Waals surface area (Å²) in [7, 11) is 0. The zero-order valence-electron chi connectivity index (χ0n) is 6.69. The predicted molar refractivity (Wildman–Crippen MR) is 47.8 cm³/mol. The van der Waals surface area contributed by atoms with Gasteiger partial charge in [-0.25, -0.2) is 0 Å². The highest BCUT2D eigenvalue weighted by Gasteiger charge is 2.02. The zero-order valence-corrected chi connectivity index (χ0v) is 7.44. The largest absolute Gasteiger partial charge is 0.397 e. The lowest BCUT2D eigenvalue weighted by Crippen LogP contribution is -1.97. The second-order valence-electron chi connectivity index (χ2n) is 2.45. The van der Waals surface area contributed by atoms with Gasteiger partial charge in [0.05, 0.1) is 22.1 Å². The molecule has 0 aliphatic rings. The number of hydrogen-bond acceptors (Lipinski definition) is 2. The van der Waals surface area contributed by atoms with E-state index in [1.165, 1.54) is 0 Å². The molecule has 0 radical (unpaired) electrons.